The number of hydrogen-bond donors (Lipinski definition) is 1. The predicted octanol–water partition coefficient (Wildman–Crippen LogP) is 3.21. The normalized spacial score (nSPS) is 18.4. The van der Waals surface area contributed by atoms with E-state index in [0.717, 1.165) is 5.56 Å². The zero-order chi connectivity index (χ0) is 17.2. The van der Waals surface area contributed by atoms with Crippen LogP contribution in [-0.2, 0) is 23.6 Å². The van der Waals surface area contributed by atoms with E-state index in [2.05, 4.69) is 4.72 Å². The van der Waals surface area contributed by atoms with Crippen LogP contribution >= 0.6 is 7.60 Å². The van der Waals surface area contributed by atoms with E-state index in [1.54, 1.807) is 42.5 Å². The van der Waals surface area contributed by atoms with E-state index < -0.39 is 23.4 Å². The summed E-state index contributed by atoms with van der Waals surface area (Å²) < 4.78 is 51.3. The van der Waals surface area contributed by atoms with E-state index in [9.17, 15) is 13.0 Å². The zero-order valence-corrected chi connectivity index (χ0v) is 14.8. The fourth-order valence-corrected chi connectivity index (χ4v) is 5.96. The van der Waals surface area contributed by atoms with Crippen LogP contribution in [0.4, 0.5) is 0 Å². The molecule has 1 aliphatic heterocycles. The smallest absolute Gasteiger partial charge is 0.305 e. The third-order valence-electron chi connectivity index (χ3n) is 3.66. The van der Waals surface area contributed by atoms with E-state index in [0.29, 0.717) is 5.56 Å². The second-order valence-corrected chi connectivity index (χ2v) is 9.28. The van der Waals surface area contributed by atoms with Gasteiger partial charge in [0.15, 0.2) is 0 Å². The van der Waals surface area contributed by atoms with Crippen molar-refractivity contribution in [2.45, 2.75) is 17.6 Å². The van der Waals surface area contributed by atoms with Crippen molar-refractivity contribution in [1.82, 2.24) is 4.72 Å². The largest absolute Gasteiger partial charge is 0.353 e. The molecule has 1 N–H and O–H groups in total. The molecule has 1 unspecified atom stereocenters. The summed E-state index contributed by atoms with van der Waals surface area (Å²) in [5.74, 6) is -1.09. The second-order valence-electron chi connectivity index (χ2n) is 5.45. The minimum atomic E-state index is -3.88. The molecule has 2 aromatic rings. The molecule has 2 aromatic carbocycles. The van der Waals surface area contributed by atoms with Gasteiger partial charge in [0.25, 0.3) is 0 Å². The first-order valence-corrected chi connectivity index (χ1v) is 10.5. The van der Waals surface area contributed by atoms with Crippen molar-refractivity contribution < 1.29 is 22.0 Å². The van der Waals surface area contributed by atoms with Gasteiger partial charge in [-0.15, -0.1) is 0 Å². The van der Waals surface area contributed by atoms with Crippen LogP contribution < -0.4 is 4.72 Å². The van der Waals surface area contributed by atoms with Gasteiger partial charge in [-0.05, 0) is 24.6 Å². The minimum absolute atomic E-state index is 0.0971. The van der Waals surface area contributed by atoms with Gasteiger partial charge >= 0.3 is 7.60 Å². The monoisotopic (exact) mass is 367 g/mol. The van der Waals surface area contributed by atoms with E-state index in [1.165, 1.54) is 12.1 Å². The quantitative estimate of drug-likeness (QED) is 0.821. The number of nitrogens with one attached hydrogen (secondary N) is 1. The summed E-state index contributed by atoms with van der Waals surface area (Å²) in [5, 5.41) is 0. The van der Waals surface area contributed by atoms with Crippen LogP contribution in [0.25, 0.3) is 0 Å². The van der Waals surface area contributed by atoms with Crippen LogP contribution in [0.3, 0.4) is 0 Å². The van der Waals surface area contributed by atoms with Gasteiger partial charge in [0, 0.05) is 0 Å². The van der Waals surface area contributed by atoms with Crippen LogP contribution in [0, 0.1) is 6.92 Å². The molecule has 1 saturated heterocycles. The van der Waals surface area contributed by atoms with Gasteiger partial charge in [-0.25, -0.2) is 8.42 Å². The van der Waals surface area contributed by atoms with E-state index >= 15 is 0 Å². The molecule has 0 aromatic heterocycles. The maximum Gasteiger partial charge on any atom is 0.353 e. The van der Waals surface area contributed by atoms with Gasteiger partial charge in [0.05, 0.1) is 18.1 Å². The van der Waals surface area contributed by atoms with Crippen LogP contribution in [0.15, 0.2) is 59.5 Å². The Labute approximate surface area is 141 Å². The van der Waals surface area contributed by atoms with Crippen LogP contribution in [0.5, 0.6) is 0 Å². The summed E-state index contributed by atoms with van der Waals surface area (Å²) in [5.41, 5.74) is 1.47. The molecule has 6 nitrogen and oxygen atoms in total. The lowest BCUT2D eigenvalue weighted by Gasteiger charge is -2.23. The van der Waals surface area contributed by atoms with Gasteiger partial charge in [-0.2, -0.15) is 4.72 Å². The lowest BCUT2D eigenvalue weighted by Crippen LogP contribution is -2.29. The van der Waals surface area contributed by atoms with Gasteiger partial charge in [0.1, 0.15) is 5.78 Å². The van der Waals surface area contributed by atoms with Gasteiger partial charge in [0.2, 0.25) is 10.0 Å². The summed E-state index contributed by atoms with van der Waals surface area (Å²) in [6.07, 6.45) is 0. The Bertz CT molecular complexity index is 842. The summed E-state index contributed by atoms with van der Waals surface area (Å²) >= 11 is 0. The number of benzene rings is 2. The highest BCUT2D eigenvalue weighted by Gasteiger charge is 2.43. The lowest BCUT2D eigenvalue weighted by molar-refractivity contribution is 0.336. The maximum absolute atomic E-state index is 12.9. The minimum Gasteiger partial charge on any atom is -0.305 e. The number of rotatable bonds is 5. The van der Waals surface area contributed by atoms with Crippen LogP contribution in [0.2, 0.25) is 0 Å². The Morgan fingerprint density at radius 3 is 2.17 bits per heavy atom. The number of aryl methyl sites for hydroxylation is 1. The Hall–Kier alpha value is -1.50. The molecule has 0 radical (unpaired) electrons. The Balaban J connectivity index is 1.98. The second kappa shape index (κ2) is 6.78. The molecule has 0 bridgehead atoms. The summed E-state index contributed by atoms with van der Waals surface area (Å²) in [6.45, 7) is 2.22. The first kappa shape index (κ1) is 17.3. The number of hydrogen-bond acceptors (Lipinski definition) is 5. The highest BCUT2D eigenvalue weighted by atomic mass is 32.2. The summed E-state index contributed by atoms with van der Waals surface area (Å²) in [7, 11) is -7.50. The summed E-state index contributed by atoms with van der Waals surface area (Å²) in [4.78, 5) is 0.0971. The third kappa shape index (κ3) is 3.61. The Morgan fingerprint density at radius 2 is 1.58 bits per heavy atom. The zero-order valence-electron chi connectivity index (χ0n) is 13.1. The lowest BCUT2D eigenvalue weighted by atomic mass is 10.2. The van der Waals surface area contributed by atoms with Crippen molar-refractivity contribution in [2.24, 2.45) is 0 Å². The first-order valence-electron chi connectivity index (χ1n) is 7.43. The SMILES string of the molecule is Cc1ccc(S(=O)(=O)NC(c2ccccc2)P2(=O)OCCO2)cc1. The highest BCUT2D eigenvalue weighted by Crippen LogP contribution is 2.62. The van der Waals surface area contributed by atoms with Gasteiger partial charge in [-0.1, -0.05) is 48.0 Å². The van der Waals surface area contributed by atoms with E-state index in [1.807, 2.05) is 6.92 Å². The molecule has 1 aliphatic rings. The molecule has 0 amide bonds. The van der Waals surface area contributed by atoms with Gasteiger partial charge < -0.3 is 9.05 Å². The first-order chi connectivity index (χ1) is 11.4. The molecule has 3 rings (SSSR count). The topological polar surface area (TPSA) is 81.7 Å². The van der Waals surface area contributed by atoms with Crippen LogP contribution in [0.1, 0.15) is 16.9 Å². The maximum atomic E-state index is 12.9. The van der Waals surface area contributed by atoms with Crippen molar-refractivity contribution in [3.8, 4) is 0 Å². The van der Waals surface area contributed by atoms with Crippen LogP contribution in [-0.4, -0.2) is 21.6 Å². The highest BCUT2D eigenvalue weighted by molar-refractivity contribution is 7.89. The average molecular weight is 367 g/mol. The molecule has 1 atom stereocenters. The van der Waals surface area contributed by atoms with Gasteiger partial charge in [-0.3, -0.25) is 4.57 Å². The third-order valence-corrected chi connectivity index (χ3v) is 7.41. The molecular formula is C16H18NO5PS. The van der Waals surface area contributed by atoms with Crippen molar-refractivity contribution in [2.75, 3.05) is 13.2 Å². The van der Waals surface area contributed by atoms with Crippen molar-refractivity contribution in [3.05, 3.63) is 65.7 Å². The fraction of sp³-hybridized carbons (Fsp3) is 0.250. The van der Waals surface area contributed by atoms with Crippen molar-refractivity contribution in [3.63, 3.8) is 0 Å². The Kier molecular flexibility index (Phi) is 4.90. The molecule has 0 aliphatic carbocycles. The molecule has 1 fully saturated rings. The van der Waals surface area contributed by atoms with Crippen molar-refractivity contribution >= 4 is 17.6 Å². The average Bonchev–Trinajstić information content (AvgIpc) is 3.02. The molecule has 128 valence electrons. The molecular weight excluding hydrogens is 349 g/mol. The molecule has 8 heteroatoms. The van der Waals surface area contributed by atoms with Crippen molar-refractivity contribution in [1.29, 1.82) is 0 Å². The van der Waals surface area contributed by atoms with E-state index in [-0.39, 0.29) is 18.1 Å². The standard InChI is InChI=1S/C16H18NO5PS/c1-13-7-9-15(10-8-13)24(19,20)17-16(14-5-3-2-4-6-14)23(18)21-11-12-22-23/h2-10,16-17H,11-12H2,1H3. The predicted molar refractivity (Wildman–Crippen MR) is 90.2 cm³/mol. The Morgan fingerprint density at radius 1 is 1.00 bits per heavy atom. The summed E-state index contributed by atoms with van der Waals surface area (Å²) in [6, 6.07) is 15.1. The molecule has 0 spiro atoms. The molecule has 24 heavy (non-hydrogen) atoms. The fourth-order valence-electron chi connectivity index (χ4n) is 2.40. The molecule has 1 heterocycles. The van der Waals surface area contributed by atoms with E-state index in [4.69, 9.17) is 9.05 Å². The number of sulfonamides is 1. The molecule has 0 saturated carbocycles.